The molecule has 0 saturated heterocycles. The van der Waals surface area contributed by atoms with Gasteiger partial charge in [-0.3, -0.25) is 4.79 Å². The molecule has 1 atom stereocenters. The maximum atomic E-state index is 11.9. The van der Waals surface area contributed by atoms with Crippen molar-refractivity contribution in [1.29, 1.82) is 0 Å². The van der Waals surface area contributed by atoms with Crippen LogP contribution >= 0.6 is 0 Å². The number of carbonyl (C=O) groups excluding carboxylic acids is 1. The van der Waals surface area contributed by atoms with E-state index in [1.54, 1.807) is 0 Å². The number of hydrogen-bond acceptors (Lipinski definition) is 4. The second-order valence-corrected chi connectivity index (χ2v) is 4.50. The van der Waals surface area contributed by atoms with E-state index < -0.39 is 18.0 Å². The Kier molecular flexibility index (Phi) is 4.68. The zero-order chi connectivity index (χ0) is 15.2. The molecule has 5 nitrogen and oxygen atoms in total. The Balaban J connectivity index is 1.98. The molecule has 0 saturated carbocycles. The van der Waals surface area contributed by atoms with Gasteiger partial charge < -0.3 is 15.6 Å². The summed E-state index contributed by atoms with van der Waals surface area (Å²) in [5.74, 6) is -1.58. The second-order valence-electron chi connectivity index (χ2n) is 4.50. The molecule has 0 fully saturated rings. The van der Waals surface area contributed by atoms with Gasteiger partial charge in [-0.1, -0.05) is 42.5 Å². The number of esters is 1. The van der Waals surface area contributed by atoms with E-state index in [2.05, 4.69) is 0 Å². The molecule has 0 aliphatic heterocycles. The topological polar surface area (TPSA) is 89.6 Å². The molecular weight excluding hydrogens is 270 g/mol. The van der Waals surface area contributed by atoms with Gasteiger partial charge in [0.05, 0.1) is 5.56 Å². The lowest BCUT2D eigenvalue weighted by atomic mass is 10.1. The smallest absolute Gasteiger partial charge is 0.338 e. The highest BCUT2D eigenvalue weighted by Crippen LogP contribution is 2.13. The number of aliphatic carboxylic acids is 1. The quantitative estimate of drug-likeness (QED) is 0.821. The van der Waals surface area contributed by atoms with Gasteiger partial charge in [-0.05, 0) is 23.3 Å². The molecule has 5 heteroatoms. The molecule has 3 N–H and O–H groups in total. The molecule has 0 aliphatic rings. The molecule has 0 aromatic heterocycles. The van der Waals surface area contributed by atoms with Crippen LogP contribution in [-0.4, -0.2) is 17.0 Å². The molecule has 108 valence electrons. The van der Waals surface area contributed by atoms with E-state index in [4.69, 9.17) is 15.6 Å². The first-order chi connectivity index (χ1) is 10.1. The summed E-state index contributed by atoms with van der Waals surface area (Å²) in [6.45, 7) is 0.191. The van der Waals surface area contributed by atoms with Gasteiger partial charge in [-0.2, -0.15) is 0 Å². The van der Waals surface area contributed by atoms with Crippen molar-refractivity contribution in [2.75, 3.05) is 0 Å². The number of carboxylic acids is 1. The third kappa shape index (κ3) is 3.90. The average molecular weight is 285 g/mol. The van der Waals surface area contributed by atoms with Crippen molar-refractivity contribution in [2.45, 2.75) is 12.6 Å². The van der Waals surface area contributed by atoms with E-state index in [1.165, 1.54) is 24.3 Å². The molecule has 0 bridgehead atoms. The molecule has 0 heterocycles. The Hall–Kier alpha value is -2.66. The normalized spacial score (nSPS) is 11.7. The number of nitrogens with two attached hydrogens (primary N) is 1. The van der Waals surface area contributed by atoms with Crippen LogP contribution in [0.1, 0.15) is 27.5 Å². The maximum absolute atomic E-state index is 11.9. The van der Waals surface area contributed by atoms with E-state index in [0.717, 1.165) is 5.56 Å². The van der Waals surface area contributed by atoms with Gasteiger partial charge in [-0.25, -0.2) is 4.79 Å². The Morgan fingerprint density at radius 1 is 1.05 bits per heavy atom. The molecule has 1 unspecified atom stereocenters. The molecule has 2 rings (SSSR count). The van der Waals surface area contributed by atoms with Gasteiger partial charge in [-0.15, -0.1) is 0 Å². The van der Waals surface area contributed by atoms with Crippen LogP contribution in [0.4, 0.5) is 0 Å². The van der Waals surface area contributed by atoms with E-state index in [-0.39, 0.29) is 6.61 Å². The van der Waals surface area contributed by atoms with Gasteiger partial charge in [0, 0.05) is 0 Å². The van der Waals surface area contributed by atoms with Crippen LogP contribution in [-0.2, 0) is 16.1 Å². The fourth-order valence-electron chi connectivity index (χ4n) is 1.78. The minimum atomic E-state index is -1.12. The Labute approximate surface area is 122 Å². The SMILES string of the molecule is NC(C(=O)O)c1ccc(C(=O)OCc2ccccc2)cc1. The number of benzene rings is 2. The van der Waals surface area contributed by atoms with Crippen LogP contribution in [0.3, 0.4) is 0 Å². The van der Waals surface area contributed by atoms with Crippen molar-refractivity contribution in [2.24, 2.45) is 5.73 Å². The van der Waals surface area contributed by atoms with Crippen molar-refractivity contribution >= 4 is 11.9 Å². The van der Waals surface area contributed by atoms with E-state index >= 15 is 0 Å². The van der Waals surface area contributed by atoms with Gasteiger partial charge in [0.25, 0.3) is 0 Å². The lowest BCUT2D eigenvalue weighted by molar-refractivity contribution is -0.138. The first-order valence-corrected chi connectivity index (χ1v) is 6.37. The highest BCUT2D eigenvalue weighted by molar-refractivity contribution is 5.89. The van der Waals surface area contributed by atoms with Crippen LogP contribution in [0, 0.1) is 0 Å². The predicted molar refractivity (Wildman–Crippen MR) is 76.6 cm³/mol. The highest BCUT2D eigenvalue weighted by atomic mass is 16.5. The first kappa shape index (κ1) is 14.7. The zero-order valence-electron chi connectivity index (χ0n) is 11.2. The Morgan fingerprint density at radius 3 is 2.24 bits per heavy atom. The molecule has 0 spiro atoms. The summed E-state index contributed by atoms with van der Waals surface area (Å²) in [7, 11) is 0. The zero-order valence-corrected chi connectivity index (χ0v) is 11.2. The Morgan fingerprint density at radius 2 is 1.67 bits per heavy atom. The van der Waals surface area contributed by atoms with Gasteiger partial charge in [0.2, 0.25) is 0 Å². The van der Waals surface area contributed by atoms with Crippen molar-refractivity contribution < 1.29 is 19.4 Å². The largest absolute Gasteiger partial charge is 0.480 e. The summed E-state index contributed by atoms with van der Waals surface area (Å²) in [5.41, 5.74) is 7.17. The van der Waals surface area contributed by atoms with Gasteiger partial charge in [0.15, 0.2) is 0 Å². The van der Waals surface area contributed by atoms with Crippen molar-refractivity contribution in [3.05, 3.63) is 71.3 Å². The maximum Gasteiger partial charge on any atom is 0.338 e. The first-order valence-electron chi connectivity index (χ1n) is 6.37. The van der Waals surface area contributed by atoms with E-state index in [9.17, 15) is 9.59 Å². The molecule has 0 radical (unpaired) electrons. The molecule has 21 heavy (non-hydrogen) atoms. The number of ether oxygens (including phenoxy) is 1. The molecule has 0 amide bonds. The lowest BCUT2D eigenvalue weighted by Crippen LogP contribution is -2.20. The van der Waals surface area contributed by atoms with Crippen LogP contribution in [0.5, 0.6) is 0 Å². The van der Waals surface area contributed by atoms with E-state index in [1.807, 2.05) is 30.3 Å². The van der Waals surface area contributed by atoms with E-state index in [0.29, 0.717) is 11.1 Å². The van der Waals surface area contributed by atoms with Crippen molar-refractivity contribution in [3.8, 4) is 0 Å². The summed E-state index contributed by atoms with van der Waals surface area (Å²) in [6, 6.07) is 14.3. The van der Waals surface area contributed by atoms with Crippen LogP contribution < -0.4 is 5.73 Å². The summed E-state index contributed by atoms with van der Waals surface area (Å²) < 4.78 is 5.18. The van der Waals surface area contributed by atoms with Gasteiger partial charge >= 0.3 is 11.9 Å². The van der Waals surface area contributed by atoms with Crippen molar-refractivity contribution in [3.63, 3.8) is 0 Å². The van der Waals surface area contributed by atoms with Gasteiger partial charge in [0.1, 0.15) is 12.6 Å². The molecule has 2 aromatic rings. The predicted octanol–water partition coefficient (Wildman–Crippen LogP) is 2.13. The summed E-state index contributed by atoms with van der Waals surface area (Å²) in [5, 5.41) is 8.81. The Bertz CT molecular complexity index is 622. The summed E-state index contributed by atoms with van der Waals surface area (Å²) in [4.78, 5) is 22.6. The molecule has 2 aromatic carbocycles. The monoisotopic (exact) mass is 285 g/mol. The minimum Gasteiger partial charge on any atom is -0.480 e. The van der Waals surface area contributed by atoms with Crippen LogP contribution in [0.25, 0.3) is 0 Å². The number of hydrogen-bond donors (Lipinski definition) is 2. The highest BCUT2D eigenvalue weighted by Gasteiger charge is 2.15. The standard InChI is InChI=1S/C16H15NO4/c17-14(15(18)19)12-6-8-13(9-7-12)16(20)21-10-11-4-2-1-3-5-11/h1-9,14H,10,17H2,(H,18,19). The number of carbonyl (C=O) groups is 2. The third-order valence-electron chi connectivity index (χ3n) is 2.98. The fourth-order valence-corrected chi connectivity index (χ4v) is 1.78. The fraction of sp³-hybridized carbons (Fsp3) is 0.125. The minimum absolute atomic E-state index is 0.191. The number of rotatable bonds is 5. The summed E-state index contributed by atoms with van der Waals surface area (Å²) in [6.07, 6.45) is 0. The lowest BCUT2D eigenvalue weighted by Gasteiger charge is -2.08. The van der Waals surface area contributed by atoms with Crippen LogP contribution in [0.2, 0.25) is 0 Å². The number of carboxylic acid groups (broad SMARTS) is 1. The van der Waals surface area contributed by atoms with Crippen molar-refractivity contribution in [1.82, 2.24) is 0 Å². The summed E-state index contributed by atoms with van der Waals surface area (Å²) >= 11 is 0. The average Bonchev–Trinajstić information content (AvgIpc) is 2.53. The molecular formula is C16H15NO4. The van der Waals surface area contributed by atoms with Crippen LogP contribution in [0.15, 0.2) is 54.6 Å². The third-order valence-corrected chi connectivity index (χ3v) is 2.98. The second kappa shape index (κ2) is 6.67. The molecule has 0 aliphatic carbocycles.